The number of benzene rings is 15. The normalized spacial score (nSPS) is 13.0. The second-order valence-corrected chi connectivity index (χ2v) is 28.6. The topological polar surface area (TPSA) is 64.5 Å². The van der Waals surface area contributed by atoms with Crippen molar-refractivity contribution in [2.45, 2.75) is 24.7 Å². The molecule has 1 spiro atoms. The van der Waals surface area contributed by atoms with Crippen molar-refractivity contribution in [1.29, 1.82) is 0 Å². The second-order valence-electron chi connectivity index (χ2n) is 28.6. The van der Waals surface area contributed by atoms with Crippen molar-refractivity contribution < 1.29 is 0 Å². The molecule has 496 valence electrons. The van der Waals surface area contributed by atoms with Crippen LogP contribution in [0.1, 0.15) is 47.2 Å². The molecular weight excluding hydrogens is 1280 g/mol. The van der Waals surface area contributed by atoms with E-state index < -0.39 is 5.41 Å². The predicted octanol–water partition coefficient (Wildman–Crippen LogP) is 25.3. The van der Waals surface area contributed by atoms with Crippen LogP contribution in [0.2, 0.25) is 0 Å². The first-order valence-corrected chi connectivity index (χ1v) is 36.4. The van der Waals surface area contributed by atoms with E-state index >= 15 is 0 Å². The third-order valence-corrected chi connectivity index (χ3v) is 22.2. The van der Waals surface area contributed by atoms with Gasteiger partial charge in [-0.2, -0.15) is 0 Å². The van der Waals surface area contributed by atoms with Crippen molar-refractivity contribution in [3.05, 3.63) is 403 Å². The van der Waals surface area contributed by atoms with E-state index in [0.717, 1.165) is 94.8 Å². The number of hydrogen-bond acceptors (Lipinski definition) is 5. The van der Waals surface area contributed by atoms with Crippen molar-refractivity contribution in [3.8, 4) is 168 Å². The molecule has 0 amide bonds. The Labute approximate surface area is 617 Å². The molecule has 106 heavy (non-hydrogen) atoms. The molecule has 5 heteroatoms. The minimum Gasteiger partial charge on any atom is -0.228 e. The summed E-state index contributed by atoms with van der Waals surface area (Å²) in [6.45, 7) is 4.71. The van der Waals surface area contributed by atoms with Crippen molar-refractivity contribution in [2.24, 2.45) is 0 Å². The molecule has 0 fully saturated rings. The number of fused-ring (bicyclic) bond motifs is 13. The lowest BCUT2D eigenvalue weighted by Crippen LogP contribution is -2.26. The van der Waals surface area contributed by atoms with Crippen molar-refractivity contribution in [1.82, 2.24) is 24.9 Å². The molecule has 0 N–H and O–H groups in total. The number of rotatable bonds is 12. The summed E-state index contributed by atoms with van der Waals surface area (Å²) >= 11 is 0. The largest absolute Gasteiger partial charge is 0.228 e. The maximum Gasteiger partial charge on any atom is 0.164 e. The highest BCUT2D eigenvalue weighted by molar-refractivity contribution is 5.98. The highest BCUT2D eigenvalue weighted by Crippen LogP contribution is 2.64. The zero-order chi connectivity index (χ0) is 70.5. The van der Waals surface area contributed by atoms with Crippen LogP contribution in [0, 0.1) is 0 Å². The van der Waals surface area contributed by atoms with E-state index in [4.69, 9.17) is 24.9 Å². The van der Waals surface area contributed by atoms with Crippen LogP contribution in [0.3, 0.4) is 0 Å². The summed E-state index contributed by atoms with van der Waals surface area (Å²) < 4.78 is 0. The summed E-state index contributed by atoms with van der Waals surface area (Å²) in [5.74, 6) is 2.54. The lowest BCUT2D eigenvalue weighted by atomic mass is 9.70. The monoisotopic (exact) mass is 1350 g/mol. The first-order chi connectivity index (χ1) is 52.2. The van der Waals surface area contributed by atoms with Gasteiger partial charge in [-0.3, -0.25) is 0 Å². The lowest BCUT2D eigenvalue weighted by Gasteiger charge is -2.31. The fraction of sp³-hybridized carbons (Fsp3) is 0.0396. The highest BCUT2D eigenvalue weighted by Gasteiger charge is 2.52. The second kappa shape index (κ2) is 25.1. The van der Waals surface area contributed by atoms with Gasteiger partial charge in [0.2, 0.25) is 0 Å². The highest BCUT2D eigenvalue weighted by atomic mass is 15.0. The van der Waals surface area contributed by atoms with Crippen LogP contribution in [0.25, 0.3) is 168 Å². The molecule has 0 radical (unpaired) electrons. The third kappa shape index (κ3) is 10.4. The van der Waals surface area contributed by atoms with Gasteiger partial charge in [0.15, 0.2) is 23.3 Å². The van der Waals surface area contributed by atoms with E-state index in [9.17, 15) is 0 Å². The maximum atomic E-state index is 5.27. The Hall–Kier alpha value is -13.6. The molecule has 15 aromatic carbocycles. The van der Waals surface area contributed by atoms with Crippen LogP contribution >= 0.6 is 0 Å². The first-order valence-electron chi connectivity index (χ1n) is 36.4. The number of hydrogen-bond donors (Lipinski definition) is 0. The van der Waals surface area contributed by atoms with Gasteiger partial charge in [0.05, 0.1) is 16.8 Å². The SMILES string of the molecule is CC1(C)c2ccccc2-c2cccc(-c3cccc(-c4cccc(-c5nc(-c6ccccc6)nc(-c6ccc(-c7cccc(-c8ccc9c(c8)C8(c%10ccccc%10-c%10ccccc%108)c8cc(-c%10cccc(-c%11cccc(-c%12cc(-c%13ccccc%13)nc(-c%13ccccc%13)n%12)c%11)c%10)ccc8-9)c7)cc6)n5)c4)c3)c21. The summed E-state index contributed by atoms with van der Waals surface area (Å²) in [5, 5.41) is 0. The molecule has 0 unspecified atom stereocenters. The molecule has 0 aliphatic heterocycles. The zero-order valence-corrected chi connectivity index (χ0v) is 58.5. The minimum atomic E-state index is -0.572. The van der Waals surface area contributed by atoms with Crippen LogP contribution < -0.4 is 0 Å². The quantitative estimate of drug-likeness (QED) is 0.122. The zero-order valence-electron chi connectivity index (χ0n) is 58.5. The van der Waals surface area contributed by atoms with Crippen LogP contribution in [0.4, 0.5) is 0 Å². The molecule has 0 saturated heterocycles. The van der Waals surface area contributed by atoms with Crippen LogP contribution in [0.5, 0.6) is 0 Å². The fourth-order valence-corrected chi connectivity index (χ4v) is 17.1. The smallest absolute Gasteiger partial charge is 0.164 e. The number of aromatic nitrogens is 5. The van der Waals surface area contributed by atoms with Crippen LogP contribution in [0.15, 0.2) is 370 Å². The molecule has 2 heterocycles. The lowest BCUT2D eigenvalue weighted by molar-refractivity contribution is 0.662. The van der Waals surface area contributed by atoms with Gasteiger partial charge < -0.3 is 0 Å². The maximum absolute atomic E-state index is 5.27. The Morgan fingerprint density at radius 3 is 0.981 bits per heavy atom. The summed E-state index contributed by atoms with van der Waals surface area (Å²) in [5.41, 5.74) is 36.2. The fourth-order valence-electron chi connectivity index (χ4n) is 17.1. The van der Waals surface area contributed by atoms with Crippen molar-refractivity contribution in [2.75, 3.05) is 0 Å². The summed E-state index contributed by atoms with van der Waals surface area (Å²) in [4.78, 5) is 25.9. The molecule has 3 aliphatic carbocycles. The summed E-state index contributed by atoms with van der Waals surface area (Å²) in [6.07, 6.45) is 0. The Kier molecular flexibility index (Phi) is 14.7. The van der Waals surface area contributed by atoms with E-state index in [1.54, 1.807) is 0 Å². The molecule has 0 atom stereocenters. The van der Waals surface area contributed by atoms with Gasteiger partial charge in [-0.05, 0) is 182 Å². The van der Waals surface area contributed by atoms with Gasteiger partial charge in [-0.25, -0.2) is 24.9 Å². The number of nitrogens with zero attached hydrogens (tertiary/aromatic N) is 5. The van der Waals surface area contributed by atoms with Gasteiger partial charge in [0.1, 0.15) is 0 Å². The Balaban J connectivity index is 0.622. The molecule has 5 nitrogen and oxygen atoms in total. The van der Waals surface area contributed by atoms with Crippen molar-refractivity contribution in [3.63, 3.8) is 0 Å². The van der Waals surface area contributed by atoms with E-state index in [1.165, 1.54) is 83.5 Å². The summed E-state index contributed by atoms with van der Waals surface area (Å²) in [6, 6.07) is 134. The van der Waals surface area contributed by atoms with Gasteiger partial charge in [-0.1, -0.05) is 335 Å². The van der Waals surface area contributed by atoms with Gasteiger partial charge in [0, 0.05) is 38.8 Å². The standard InChI is InChI=1S/C101H67N5/c1-100(2)88-45-15-12-42-84(88)87-44-23-43-81(95(87)100)78-37-20-34-73(58-78)75-36-22-39-80(60-75)99-105-97(67-28-10-5-11-29-67)104-98(106-99)68-50-48-64(49-51-68)69-30-18-32-71(56-69)76-52-54-85-86-55-53-77(62-92(86)101(91(85)61-76)89-46-16-13-40-82(89)83-41-14-17-47-90(83)101)72-33-19-31-70(57-72)74-35-21-38-79(59-74)94-63-93(65-24-6-3-7-25-65)102-96(103-94)66-26-8-4-9-27-66/h3-63H,1-2H3. The summed E-state index contributed by atoms with van der Waals surface area (Å²) in [7, 11) is 0. The predicted molar refractivity (Wildman–Crippen MR) is 435 cm³/mol. The molecule has 2 aromatic heterocycles. The Morgan fingerprint density at radius 1 is 0.170 bits per heavy atom. The van der Waals surface area contributed by atoms with Gasteiger partial charge >= 0.3 is 0 Å². The van der Waals surface area contributed by atoms with E-state index in [0.29, 0.717) is 23.3 Å². The van der Waals surface area contributed by atoms with Crippen molar-refractivity contribution >= 4 is 0 Å². The Bertz CT molecular complexity index is 6250. The molecule has 0 bridgehead atoms. The molecule has 17 aromatic rings. The Morgan fingerprint density at radius 2 is 0.462 bits per heavy atom. The van der Waals surface area contributed by atoms with E-state index in [1.807, 2.05) is 42.5 Å². The van der Waals surface area contributed by atoms with Crippen LogP contribution in [-0.2, 0) is 10.8 Å². The van der Waals surface area contributed by atoms with Crippen LogP contribution in [-0.4, -0.2) is 24.9 Å². The third-order valence-electron chi connectivity index (χ3n) is 22.2. The van der Waals surface area contributed by atoms with Gasteiger partial charge in [0.25, 0.3) is 0 Å². The molecular formula is C101H67N5. The van der Waals surface area contributed by atoms with E-state index in [-0.39, 0.29) is 5.41 Å². The first kappa shape index (κ1) is 62.2. The average molecular weight is 1350 g/mol. The molecule has 3 aliphatic rings. The molecule has 20 rings (SSSR count). The van der Waals surface area contributed by atoms with Gasteiger partial charge in [-0.15, -0.1) is 0 Å². The molecule has 0 saturated carbocycles. The van der Waals surface area contributed by atoms with E-state index in [2.05, 4.69) is 341 Å². The average Bonchev–Trinajstić information content (AvgIpc) is 1.51. The minimum absolute atomic E-state index is 0.133.